The van der Waals surface area contributed by atoms with Gasteiger partial charge >= 0.3 is 0 Å². The van der Waals surface area contributed by atoms with Crippen molar-refractivity contribution in [2.75, 3.05) is 0 Å². The molecule has 4 aromatic carbocycles. The fourth-order valence-corrected chi connectivity index (χ4v) is 3.84. The molecule has 4 aromatic rings. The maximum absolute atomic E-state index is 2.32. The molecule has 0 N–H and O–H groups in total. The topological polar surface area (TPSA) is 0 Å². The van der Waals surface area contributed by atoms with Crippen LogP contribution in [-0.2, 0) is 0 Å². The predicted molar refractivity (Wildman–Crippen MR) is 122 cm³/mol. The molecule has 0 saturated heterocycles. The molecule has 0 unspecified atom stereocenters. The van der Waals surface area contributed by atoms with Crippen molar-refractivity contribution >= 4 is 0 Å². The Morgan fingerprint density at radius 2 is 0.821 bits per heavy atom. The van der Waals surface area contributed by atoms with Crippen LogP contribution in [0.3, 0.4) is 0 Å². The van der Waals surface area contributed by atoms with E-state index in [1.807, 2.05) is 0 Å². The molecule has 28 heavy (non-hydrogen) atoms. The number of hydrogen-bond donors (Lipinski definition) is 0. The SMILES string of the molecule is Cc1cc(-c2ccc(-c3ccc(-c4ccccc4)cc3)cc2)c(C)c(C)c1C. The Bertz CT molecular complexity index is 1100. The molecule has 0 spiro atoms. The van der Waals surface area contributed by atoms with E-state index < -0.39 is 0 Å². The Hall–Kier alpha value is -3.12. The van der Waals surface area contributed by atoms with E-state index >= 15 is 0 Å². The van der Waals surface area contributed by atoms with Crippen LogP contribution in [0, 0.1) is 27.7 Å². The molecule has 0 bridgehead atoms. The van der Waals surface area contributed by atoms with E-state index in [1.165, 1.54) is 55.6 Å². The quantitative estimate of drug-likeness (QED) is 0.347. The lowest BCUT2D eigenvalue weighted by molar-refractivity contribution is 1.22. The van der Waals surface area contributed by atoms with Gasteiger partial charge in [0.15, 0.2) is 0 Å². The predicted octanol–water partition coefficient (Wildman–Crippen LogP) is 7.92. The monoisotopic (exact) mass is 362 g/mol. The van der Waals surface area contributed by atoms with E-state index in [-0.39, 0.29) is 0 Å². The van der Waals surface area contributed by atoms with E-state index in [0.717, 1.165) is 0 Å². The zero-order valence-electron chi connectivity index (χ0n) is 17.1. The molecule has 0 aromatic heterocycles. The lowest BCUT2D eigenvalue weighted by Gasteiger charge is -2.15. The summed E-state index contributed by atoms with van der Waals surface area (Å²) in [5.74, 6) is 0. The summed E-state index contributed by atoms with van der Waals surface area (Å²) in [6, 6.07) is 30.6. The molecule has 0 aliphatic heterocycles. The number of rotatable bonds is 3. The Morgan fingerprint density at radius 1 is 0.393 bits per heavy atom. The second-order valence-corrected chi connectivity index (χ2v) is 7.64. The highest BCUT2D eigenvalue weighted by atomic mass is 14.1. The van der Waals surface area contributed by atoms with Crippen LogP contribution in [0.5, 0.6) is 0 Å². The summed E-state index contributed by atoms with van der Waals surface area (Å²) >= 11 is 0. The molecule has 0 amide bonds. The first-order chi connectivity index (χ1) is 13.5. The van der Waals surface area contributed by atoms with Crippen LogP contribution in [-0.4, -0.2) is 0 Å². The minimum absolute atomic E-state index is 1.25. The average molecular weight is 363 g/mol. The third kappa shape index (κ3) is 3.39. The molecule has 0 radical (unpaired) electrons. The molecule has 138 valence electrons. The molecule has 0 aliphatic carbocycles. The zero-order valence-corrected chi connectivity index (χ0v) is 17.1. The van der Waals surface area contributed by atoms with Gasteiger partial charge < -0.3 is 0 Å². The van der Waals surface area contributed by atoms with Crippen molar-refractivity contribution in [3.63, 3.8) is 0 Å². The van der Waals surface area contributed by atoms with Gasteiger partial charge in [0.25, 0.3) is 0 Å². The van der Waals surface area contributed by atoms with Gasteiger partial charge in [0.2, 0.25) is 0 Å². The summed E-state index contributed by atoms with van der Waals surface area (Å²) in [5, 5.41) is 0. The van der Waals surface area contributed by atoms with Crippen molar-refractivity contribution in [1.82, 2.24) is 0 Å². The Balaban J connectivity index is 1.64. The van der Waals surface area contributed by atoms with E-state index in [0.29, 0.717) is 0 Å². The molecule has 0 heteroatoms. The van der Waals surface area contributed by atoms with Gasteiger partial charge in [0.05, 0.1) is 0 Å². The van der Waals surface area contributed by atoms with E-state index in [2.05, 4.69) is 113 Å². The first-order valence-electron chi connectivity index (χ1n) is 9.88. The fourth-order valence-electron chi connectivity index (χ4n) is 3.84. The maximum atomic E-state index is 2.32. The molecular weight excluding hydrogens is 336 g/mol. The van der Waals surface area contributed by atoms with Gasteiger partial charge in [0, 0.05) is 0 Å². The maximum Gasteiger partial charge on any atom is -0.0149 e. The molecule has 4 rings (SSSR count). The summed E-state index contributed by atoms with van der Waals surface area (Å²) < 4.78 is 0. The normalized spacial score (nSPS) is 10.9. The summed E-state index contributed by atoms with van der Waals surface area (Å²) in [5.41, 5.74) is 13.2. The fraction of sp³-hybridized carbons (Fsp3) is 0.143. The third-order valence-electron chi connectivity index (χ3n) is 6.00. The molecule has 0 nitrogen and oxygen atoms in total. The summed E-state index contributed by atoms with van der Waals surface area (Å²) in [6.07, 6.45) is 0. The van der Waals surface area contributed by atoms with Crippen molar-refractivity contribution in [2.24, 2.45) is 0 Å². The summed E-state index contributed by atoms with van der Waals surface area (Å²) in [7, 11) is 0. The Morgan fingerprint density at radius 3 is 1.32 bits per heavy atom. The van der Waals surface area contributed by atoms with Crippen LogP contribution in [0.15, 0.2) is 84.9 Å². The minimum Gasteiger partial charge on any atom is -0.0622 e. The van der Waals surface area contributed by atoms with Gasteiger partial charge in [-0.25, -0.2) is 0 Å². The first kappa shape index (κ1) is 18.3. The summed E-state index contributed by atoms with van der Waals surface area (Å²) in [6.45, 7) is 8.87. The average Bonchev–Trinajstić information content (AvgIpc) is 2.76. The van der Waals surface area contributed by atoms with Gasteiger partial charge in [-0.3, -0.25) is 0 Å². The second-order valence-electron chi connectivity index (χ2n) is 7.64. The molecule has 0 atom stereocenters. The van der Waals surface area contributed by atoms with Crippen LogP contribution < -0.4 is 0 Å². The van der Waals surface area contributed by atoms with Gasteiger partial charge in [-0.15, -0.1) is 0 Å². The van der Waals surface area contributed by atoms with Crippen LogP contribution in [0.4, 0.5) is 0 Å². The van der Waals surface area contributed by atoms with Crippen molar-refractivity contribution in [3.8, 4) is 33.4 Å². The van der Waals surface area contributed by atoms with Crippen LogP contribution in [0.2, 0.25) is 0 Å². The molecular formula is C28H26. The zero-order chi connectivity index (χ0) is 19.7. The van der Waals surface area contributed by atoms with Crippen molar-refractivity contribution < 1.29 is 0 Å². The van der Waals surface area contributed by atoms with Crippen LogP contribution in [0.25, 0.3) is 33.4 Å². The van der Waals surface area contributed by atoms with E-state index in [1.54, 1.807) is 0 Å². The molecule has 0 fully saturated rings. The van der Waals surface area contributed by atoms with E-state index in [4.69, 9.17) is 0 Å². The van der Waals surface area contributed by atoms with Gasteiger partial charge in [-0.2, -0.15) is 0 Å². The van der Waals surface area contributed by atoms with Crippen molar-refractivity contribution in [2.45, 2.75) is 27.7 Å². The van der Waals surface area contributed by atoms with Crippen molar-refractivity contribution in [1.29, 1.82) is 0 Å². The smallest absolute Gasteiger partial charge is 0.0149 e. The molecule has 0 aliphatic rings. The Kier molecular flexibility index (Phi) is 4.88. The Labute approximate surface area is 168 Å². The highest BCUT2D eigenvalue weighted by Gasteiger charge is 2.09. The third-order valence-corrected chi connectivity index (χ3v) is 6.00. The van der Waals surface area contributed by atoms with Gasteiger partial charge in [-0.1, -0.05) is 84.9 Å². The second kappa shape index (κ2) is 7.48. The van der Waals surface area contributed by atoms with Crippen LogP contribution >= 0.6 is 0 Å². The number of hydrogen-bond acceptors (Lipinski definition) is 0. The minimum atomic E-state index is 1.25. The van der Waals surface area contributed by atoms with E-state index in [9.17, 15) is 0 Å². The van der Waals surface area contributed by atoms with Gasteiger partial charge in [0.1, 0.15) is 0 Å². The largest absolute Gasteiger partial charge is 0.0622 e. The van der Waals surface area contributed by atoms with Crippen LogP contribution in [0.1, 0.15) is 22.3 Å². The molecule has 0 heterocycles. The highest BCUT2D eigenvalue weighted by molar-refractivity contribution is 5.75. The summed E-state index contributed by atoms with van der Waals surface area (Å²) in [4.78, 5) is 0. The number of aryl methyl sites for hydroxylation is 1. The van der Waals surface area contributed by atoms with Crippen molar-refractivity contribution in [3.05, 3.63) is 107 Å². The standard InChI is InChI=1S/C28H26/c1-19-18-28(22(4)21(3)20(19)2)27-16-14-26(15-17-27)25-12-10-24(11-13-25)23-8-6-5-7-9-23/h5-18H,1-4H3. The van der Waals surface area contributed by atoms with Gasteiger partial charge in [-0.05, 0) is 83.3 Å². The number of benzene rings is 4. The molecule has 0 saturated carbocycles. The highest BCUT2D eigenvalue weighted by Crippen LogP contribution is 2.32. The first-order valence-corrected chi connectivity index (χ1v) is 9.88. The lowest BCUT2D eigenvalue weighted by Crippen LogP contribution is -1.94. The lowest BCUT2D eigenvalue weighted by atomic mass is 9.90.